The second-order valence-corrected chi connectivity index (χ2v) is 5.95. The summed E-state index contributed by atoms with van der Waals surface area (Å²) in [6, 6.07) is 6.24. The van der Waals surface area contributed by atoms with Crippen LogP contribution in [-0.4, -0.2) is 24.0 Å². The summed E-state index contributed by atoms with van der Waals surface area (Å²) in [7, 11) is 0. The molecule has 0 bridgehead atoms. The first-order valence-electron chi connectivity index (χ1n) is 7.26. The summed E-state index contributed by atoms with van der Waals surface area (Å²) in [6.45, 7) is 7.92. The molecule has 1 aliphatic heterocycles. The number of nitrogens with two attached hydrogens (primary N) is 1. The highest BCUT2D eigenvalue weighted by Gasteiger charge is 2.32. The lowest BCUT2D eigenvalue weighted by Crippen LogP contribution is -2.40. The highest BCUT2D eigenvalue weighted by atomic mass is 19.1. The average Bonchev–Trinajstić information content (AvgIpc) is 2.84. The topological polar surface area (TPSA) is 29.3 Å². The lowest BCUT2D eigenvalue weighted by molar-refractivity contribution is 0.149. The molecule has 2 N–H and O–H groups in total. The fourth-order valence-electron chi connectivity index (χ4n) is 3.20. The normalized spacial score (nSPS) is 22.1. The zero-order valence-electron chi connectivity index (χ0n) is 12.2. The zero-order chi connectivity index (χ0) is 14.0. The van der Waals surface area contributed by atoms with Crippen molar-refractivity contribution in [2.24, 2.45) is 11.7 Å². The SMILES string of the molecule is Cc1ccc(C(CN)N2CCCC2C(C)C)cc1F. The largest absolute Gasteiger partial charge is 0.329 e. The summed E-state index contributed by atoms with van der Waals surface area (Å²) in [5.74, 6) is 0.489. The van der Waals surface area contributed by atoms with E-state index in [1.54, 1.807) is 13.0 Å². The van der Waals surface area contributed by atoms with Crippen LogP contribution in [0.5, 0.6) is 0 Å². The second kappa shape index (κ2) is 6.02. The van der Waals surface area contributed by atoms with Crippen molar-refractivity contribution >= 4 is 0 Å². The van der Waals surface area contributed by atoms with E-state index in [0.29, 0.717) is 24.1 Å². The molecule has 1 saturated heterocycles. The van der Waals surface area contributed by atoms with E-state index in [-0.39, 0.29) is 11.9 Å². The standard InChI is InChI=1S/C16H25FN2/c1-11(2)15-5-4-8-19(15)16(10-18)13-7-6-12(3)14(17)9-13/h6-7,9,11,15-16H,4-5,8,10,18H2,1-3H3. The molecule has 1 heterocycles. The Hall–Kier alpha value is -0.930. The lowest BCUT2D eigenvalue weighted by atomic mass is 9.97. The van der Waals surface area contributed by atoms with Gasteiger partial charge in [0.1, 0.15) is 5.82 Å². The Bertz CT molecular complexity index is 431. The molecule has 0 aliphatic carbocycles. The van der Waals surface area contributed by atoms with Gasteiger partial charge < -0.3 is 5.73 Å². The molecule has 0 saturated carbocycles. The Kier molecular flexibility index (Phi) is 4.58. The summed E-state index contributed by atoms with van der Waals surface area (Å²) in [5, 5.41) is 0. The van der Waals surface area contributed by atoms with Crippen molar-refractivity contribution in [1.29, 1.82) is 0 Å². The van der Waals surface area contributed by atoms with E-state index in [1.807, 2.05) is 12.1 Å². The molecule has 0 aromatic heterocycles. The molecule has 1 aliphatic rings. The number of nitrogens with zero attached hydrogens (tertiary/aromatic N) is 1. The van der Waals surface area contributed by atoms with E-state index in [9.17, 15) is 4.39 Å². The van der Waals surface area contributed by atoms with Crippen molar-refractivity contribution in [2.75, 3.05) is 13.1 Å². The lowest BCUT2D eigenvalue weighted by Gasteiger charge is -2.35. The number of aryl methyl sites for hydroxylation is 1. The van der Waals surface area contributed by atoms with E-state index in [0.717, 1.165) is 12.1 Å². The third-order valence-electron chi connectivity index (χ3n) is 4.32. The number of hydrogen-bond acceptors (Lipinski definition) is 2. The molecule has 2 unspecified atom stereocenters. The van der Waals surface area contributed by atoms with Gasteiger partial charge >= 0.3 is 0 Å². The van der Waals surface area contributed by atoms with E-state index in [1.165, 1.54) is 12.8 Å². The van der Waals surface area contributed by atoms with Gasteiger partial charge in [0.25, 0.3) is 0 Å². The second-order valence-electron chi connectivity index (χ2n) is 5.95. The van der Waals surface area contributed by atoms with E-state index >= 15 is 0 Å². The molecular formula is C16H25FN2. The third kappa shape index (κ3) is 2.98. The molecule has 0 spiro atoms. The summed E-state index contributed by atoms with van der Waals surface area (Å²) in [6.07, 6.45) is 2.44. The van der Waals surface area contributed by atoms with E-state index in [4.69, 9.17) is 5.73 Å². The molecule has 2 rings (SSSR count). The number of likely N-dealkylation sites (tertiary alicyclic amines) is 1. The van der Waals surface area contributed by atoms with Gasteiger partial charge in [0.05, 0.1) is 0 Å². The van der Waals surface area contributed by atoms with Crippen LogP contribution < -0.4 is 5.73 Å². The summed E-state index contributed by atoms with van der Waals surface area (Å²) < 4.78 is 13.8. The summed E-state index contributed by atoms with van der Waals surface area (Å²) >= 11 is 0. The molecule has 2 atom stereocenters. The van der Waals surface area contributed by atoms with Crippen LogP contribution in [0, 0.1) is 18.7 Å². The maximum absolute atomic E-state index is 13.8. The minimum absolute atomic E-state index is 0.128. The Morgan fingerprint density at radius 3 is 2.74 bits per heavy atom. The Morgan fingerprint density at radius 1 is 1.42 bits per heavy atom. The van der Waals surface area contributed by atoms with Crippen molar-refractivity contribution < 1.29 is 4.39 Å². The number of rotatable bonds is 4. The molecule has 0 radical (unpaired) electrons. The highest BCUT2D eigenvalue weighted by Crippen LogP contribution is 2.32. The fourth-order valence-corrected chi connectivity index (χ4v) is 3.20. The van der Waals surface area contributed by atoms with Gasteiger partial charge in [0.15, 0.2) is 0 Å². The Balaban J connectivity index is 2.26. The smallest absolute Gasteiger partial charge is 0.126 e. The van der Waals surface area contributed by atoms with Gasteiger partial charge in [-0.25, -0.2) is 4.39 Å². The predicted octanol–water partition coefficient (Wildman–Crippen LogP) is 3.25. The van der Waals surface area contributed by atoms with Gasteiger partial charge in [-0.15, -0.1) is 0 Å². The molecule has 106 valence electrons. The molecular weight excluding hydrogens is 239 g/mol. The van der Waals surface area contributed by atoms with Crippen molar-refractivity contribution in [3.05, 3.63) is 35.1 Å². The molecule has 1 aromatic rings. The van der Waals surface area contributed by atoms with Crippen molar-refractivity contribution in [3.8, 4) is 0 Å². The van der Waals surface area contributed by atoms with Gasteiger partial charge in [0.2, 0.25) is 0 Å². The average molecular weight is 264 g/mol. The summed E-state index contributed by atoms with van der Waals surface area (Å²) in [4.78, 5) is 2.47. The number of benzene rings is 1. The van der Waals surface area contributed by atoms with Gasteiger partial charge in [-0.1, -0.05) is 26.0 Å². The van der Waals surface area contributed by atoms with Crippen LogP contribution >= 0.6 is 0 Å². The monoisotopic (exact) mass is 264 g/mol. The first-order chi connectivity index (χ1) is 9.04. The predicted molar refractivity (Wildman–Crippen MR) is 77.5 cm³/mol. The Morgan fingerprint density at radius 2 is 2.16 bits per heavy atom. The van der Waals surface area contributed by atoms with E-state index < -0.39 is 0 Å². The van der Waals surface area contributed by atoms with Gasteiger partial charge in [-0.2, -0.15) is 0 Å². The molecule has 0 amide bonds. The van der Waals surface area contributed by atoms with Crippen LogP contribution in [0.25, 0.3) is 0 Å². The molecule has 19 heavy (non-hydrogen) atoms. The maximum Gasteiger partial charge on any atom is 0.126 e. The van der Waals surface area contributed by atoms with Crippen LogP contribution in [0.1, 0.15) is 43.9 Å². The molecule has 1 fully saturated rings. The molecule has 2 nitrogen and oxygen atoms in total. The fraction of sp³-hybridized carbons (Fsp3) is 0.625. The van der Waals surface area contributed by atoms with Crippen LogP contribution in [0.15, 0.2) is 18.2 Å². The molecule has 3 heteroatoms. The third-order valence-corrected chi connectivity index (χ3v) is 4.32. The van der Waals surface area contributed by atoms with Crippen molar-refractivity contribution in [1.82, 2.24) is 4.90 Å². The van der Waals surface area contributed by atoms with Crippen molar-refractivity contribution in [3.63, 3.8) is 0 Å². The van der Waals surface area contributed by atoms with Gasteiger partial charge in [-0.3, -0.25) is 4.90 Å². The maximum atomic E-state index is 13.8. The minimum atomic E-state index is -0.128. The zero-order valence-corrected chi connectivity index (χ0v) is 12.2. The molecule has 1 aromatic carbocycles. The van der Waals surface area contributed by atoms with E-state index in [2.05, 4.69) is 18.7 Å². The first kappa shape index (κ1) is 14.5. The first-order valence-corrected chi connectivity index (χ1v) is 7.26. The van der Waals surface area contributed by atoms with Gasteiger partial charge in [0, 0.05) is 18.6 Å². The van der Waals surface area contributed by atoms with Crippen LogP contribution in [-0.2, 0) is 0 Å². The van der Waals surface area contributed by atoms with Crippen LogP contribution in [0.2, 0.25) is 0 Å². The van der Waals surface area contributed by atoms with Crippen molar-refractivity contribution in [2.45, 2.75) is 45.7 Å². The number of halogens is 1. The van der Waals surface area contributed by atoms with Crippen LogP contribution in [0.4, 0.5) is 4.39 Å². The van der Waals surface area contributed by atoms with Gasteiger partial charge in [-0.05, 0) is 49.4 Å². The highest BCUT2D eigenvalue weighted by molar-refractivity contribution is 5.26. The van der Waals surface area contributed by atoms with Crippen LogP contribution in [0.3, 0.4) is 0 Å². The Labute approximate surface area is 115 Å². The quantitative estimate of drug-likeness (QED) is 0.904. The number of hydrogen-bond donors (Lipinski definition) is 1. The summed E-state index contributed by atoms with van der Waals surface area (Å²) in [5.41, 5.74) is 7.68. The minimum Gasteiger partial charge on any atom is -0.329 e.